The van der Waals surface area contributed by atoms with Crippen molar-refractivity contribution in [2.24, 2.45) is 0 Å². The van der Waals surface area contributed by atoms with Gasteiger partial charge in [0.05, 0.1) is 17.6 Å². The number of hydrogen-bond donors (Lipinski definition) is 0. The zero-order valence-corrected chi connectivity index (χ0v) is 11.8. The molecule has 0 spiro atoms. The van der Waals surface area contributed by atoms with Gasteiger partial charge >= 0.3 is 6.09 Å². The molecule has 0 bridgehead atoms. The molecule has 0 aliphatic rings. The van der Waals surface area contributed by atoms with Crippen LogP contribution in [0.2, 0.25) is 0 Å². The van der Waals surface area contributed by atoms with Crippen LogP contribution in [0.4, 0.5) is 4.79 Å². The van der Waals surface area contributed by atoms with Crippen LogP contribution in [-0.2, 0) is 11.2 Å². The molecule has 4 nitrogen and oxygen atoms in total. The minimum absolute atomic E-state index is 0.343. The first-order valence-corrected chi connectivity index (χ1v) is 6.97. The quantitative estimate of drug-likeness (QED) is 0.736. The van der Waals surface area contributed by atoms with Crippen molar-refractivity contribution in [3.05, 3.63) is 66.0 Å². The second kappa shape index (κ2) is 5.79. The van der Waals surface area contributed by atoms with Gasteiger partial charge in [0.15, 0.2) is 0 Å². The maximum atomic E-state index is 12.2. The molecule has 1 aromatic heterocycles. The molecule has 106 valence electrons. The van der Waals surface area contributed by atoms with Crippen LogP contribution < -0.4 is 0 Å². The summed E-state index contributed by atoms with van der Waals surface area (Å²) in [6.07, 6.45) is 0.214. The Kier molecular flexibility index (Phi) is 3.69. The summed E-state index contributed by atoms with van der Waals surface area (Å²) >= 11 is 0. The maximum Gasteiger partial charge on any atom is 0.419 e. The summed E-state index contributed by atoms with van der Waals surface area (Å²) in [5.41, 5.74) is 2.69. The standard InChI is InChI=1S/C17H16N2O2/c1-2-21-17(20)19-15-11-7-6-10-14(15)18-16(19)12-13-8-4-3-5-9-13/h3-11H,2,12H2,1H3. The van der Waals surface area contributed by atoms with Gasteiger partial charge in [0.25, 0.3) is 0 Å². The molecule has 4 heteroatoms. The van der Waals surface area contributed by atoms with Gasteiger partial charge < -0.3 is 4.74 Å². The molecule has 2 aromatic carbocycles. The molecule has 0 fully saturated rings. The molecular formula is C17H16N2O2. The Bertz CT molecular complexity index is 763. The van der Waals surface area contributed by atoms with Gasteiger partial charge in [0, 0.05) is 6.42 Å². The van der Waals surface area contributed by atoms with Crippen molar-refractivity contribution in [2.45, 2.75) is 13.3 Å². The van der Waals surface area contributed by atoms with Crippen LogP contribution in [0.1, 0.15) is 18.3 Å². The van der Waals surface area contributed by atoms with Crippen LogP contribution in [0.25, 0.3) is 11.0 Å². The summed E-state index contributed by atoms with van der Waals surface area (Å²) in [4.78, 5) is 16.8. The van der Waals surface area contributed by atoms with Crippen molar-refractivity contribution in [3.8, 4) is 0 Å². The van der Waals surface area contributed by atoms with Gasteiger partial charge in [0.1, 0.15) is 5.82 Å². The Balaban J connectivity index is 2.08. The summed E-state index contributed by atoms with van der Waals surface area (Å²) < 4.78 is 6.72. The van der Waals surface area contributed by atoms with E-state index in [1.54, 1.807) is 11.5 Å². The van der Waals surface area contributed by atoms with Crippen molar-refractivity contribution in [2.75, 3.05) is 6.61 Å². The number of benzene rings is 2. The lowest BCUT2D eigenvalue weighted by molar-refractivity contribution is 0.154. The number of nitrogens with zero attached hydrogens (tertiary/aromatic N) is 2. The lowest BCUT2D eigenvalue weighted by atomic mass is 10.1. The normalized spacial score (nSPS) is 10.7. The van der Waals surface area contributed by atoms with Crippen molar-refractivity contribution in [3.63, 3.8) is 0 Å². The zero-order valence-electron chi connectivity index (χ0n) is 11.8. The van der Waals surface area contributed by atoms with E-state index >= 15 is 0 Å². The molecule has 1 heterocycles. The second-order valence-electron chi connectivity index (χ2n) is 4.71. The van der Waals surface area contributed by atoms with E-state index in [-0.39, 0.29) is 6.09 Å². The van der Waals surface area contributed by atoms with E-state index in [1.165, 1.54) is 0 Å². The predicted octanol–water partition coefficient (Wildman–Crippen LogP) is 3.63. The molecule has 0 radical (unpaired) electrons. The number of carbonyl (C=O) groups is 1. The number of para-hydroxylation sites is 2. The van der Waals surface area contributed by atoms with E-state index < -0.39 is 0 Å². The lowest BCUT2D eigenvalue weighted by Crippen LogP contribution is -2.16. The molecule has 0 saturated carbocycles. The summed E-state index contributed by atoms with van der Waals surface area (Å²) in [7, 11) is 0. The Morgan fingerprint density at radius 2 is 1.81 bits per heavy atom. The van der Waals surface area contributed by atoms with Crippen LogP contribution in [-0.4, -0.2) is 22.3 Å². The summed E-state index contributed by atoms with van der Waals surface area (Å²) in [5, 5.41) is 0. The third kappa shape index (κ3) is 2.65. The number of imidazole rings is 1. The van der Waals surface area contributed by atoms with Crippen LogP contribution in [0.15, 0.2) is 54.6 Å². The Morgan fingerprint density at radius 1 is 1.10 bits per heavy atom. The van der Waals surface area contributed by atoms with E-state index in [9.17, 15) is 4.79 Å². The second-order valence-corrected chi connectivity index (χ2v) is 4.71. The molecule has 0 N–H and O–H groups in total. The van der Waals surface area contributed by atoms with Crippen LogP contribution in [0, 0.1) is 0 Å². The number of ether oxygens (including phenoxy) is 1. The Morgan fingerprint density at radius 3 is 2.57 bits per heavy atom. The van der Waals surface area contributed by atoms with Gasteiger partial charge in [-0.25, -0.2) is 14.3 Å². The SMILES string of the molecule is CCOC(=O)n1c(Cc2ccccc2)nc2ccccc21. The van der Waals surface area contributed by atoms with Gasteiger partial charge in [-0.15, -0.1) is 0 Å². The monoisotopic (exact) mass is 280 g/mol. The Hall–Kier alpha value is -2.62. The van der Waals surface area contributed by atoms with E-state index in [2.05, 4.69) is 4.98 Å². The highest BCUT2D eigenvalue weighted by Gasteiger charge is 2.17. The first-order valence-electron chi connectivity index (χ1n) is 6.97. The van der Waals surface area contributed by atoms with Crippen LogP contribution in [0.5, 0.6) is 0 Å². The number of hydrogen-bond acceptors (Lipinski definition) is 3. The number of rotatable bonds is 3. The van der Waals surface area contributed by atoms with E-state index in [1.807, 2.05) is 54.6 Å². The highest BCUT2D eigenvalue weighted by Crippen LogP contribution is 2.19. The van der Waals surface area contributed by atoms with Crippen molar-refractivity contribution in [1.29, 1.82) is 0 Å². The fraction of sp³-hybridized carbons (Fsp3) is 0.176. The molecule has 0 saturated heterocycles. The van der Waals surface area contributed by atoms with Gasteiger partial charge in [-0.3, -0.25) is 0 Å². The molecule has 21 heavy (non-hydrogen) atoms. The highest BCUT2D eigenvalue weighted by atomic mass is 16.5. The van der Waals surface area contributed by atoms with Gasteiger partial charge in [0.2, 0.25) is 0 Å². The largest absolute Gasteiger partial charge is 0.449 e. The third-order valence-electron chi connectivity index (χ3n) is 3.29. The number of carbonyl (C=O) groups excluding carboxylic acids is 1. The summed E-state index contributed by atoms with van der Waals surface area (Å²) in [6.45, 7) is 2.14. The lowest BCUT2D eigenvalue weighted by Gasteiger charge is -2.07. The molecule has 3 aromatic rings. The van der Waals surface area contributed by atoms with Crippen LogP contribution >= 0.6 is 0 Å². The smallest absolute Gasteiger partial charge is 0.419 e. The molecule has 0 amide bonds. The first kappa shape index (κ1) is 13.4. The first-order chi connectivity index (χ1) is 10.3. The predicted molar refractivity (Wildman–Crippen MR) is 81.4 cm³/mol. The molecular weight excluding hydrogens is 264 g/mol. The molecule has 0 aliphatic carbocycles. The van der Waals surface area contributed by atoms with Gasteiger partial charge in [-0.05, 0) is 24.6 Å². The van der Waals surface area contributed by atoms with Gasteiger partial charge in [-0.2, -0.15) is 0 Å². The summed E-state index contributed by atoms with van der Waals surface area (Å²) in [5.74, 6) is 0.695. The third-order valence-corrected chi connectivity index (χ3v) is 3.29. The van der Waals surface area contributed by atoms with E-state index in [4.69, 9.17) is 4.74 Å². The number of fused-ring (bicyclic) bond motifs is 1. The fourth-order valence-electron chi connectivity index (χ4n) is 2.36. The Labute approximate surface area is 123 Å². The highest BCUT2D eigenvalue weighted by molar-refractivity contribution is 5.87. The van der Waals surface area contributed by atoms with E-state index in [0.717, 1.165) is 16.6 Å². The summed E-state index contributed by atoms with van der Waals surface area (Å²) in [6, 6.07) is 17.6. The molecule has 0 aliphatic heterocycles. The number of aromatic nitrogens is 2. The minimum Gasteiger partial charge on any atom is -0.449 e. The van der Waals surface area contributed by atoms with Gasteiger partial charge in [-0.1, -0.05) is 42.5 Å². The van der Waals surface area contributed by atoms with Crippen molar-refractivity contribution in [1.82, 2.24) is 9.55 Å². The van der Waals surface area contributed by atoms with Crippen molar-refractivity contribution >= 4 is 17.1 Å². The topological polar surface area (TPSA) is 44.1 Å². The van der Waals surface area contributed by atoms with Crippen LogP contribution in [0.3, 0.4) is 0 Å². The fourth-order valence-corrected chi connectivity index (χ4v) is 2.36. The molecule has 3 rings (SSSR count). The zero-order chi connectivity index (χ0) is 14.7. The minimum atomic E-state index is -0.378. The van der Waals surface area contributed by atoms with E-state index in [0.29, 0.717) is 18.9 Å². The molecule has 0 unspecified atom stereocenters. The van der Waals surface area contributed by atoms with Crippen molar-refractivity contribution < 1.29 is 9.53 Å². The molecule has 0 atom stereocenters. The maximum absolute atomic E-state index is 12.2. The average Bonchev–Trinajstić information content (AvgIpc) is 2.86. The average molecular weight is 280 g/mol.